The van der Waals surface area contributed by atoms with Crippen molar-refractivity contribution in [2.45, 2.75) is 33.6 Å². The molecular weight excluding hydrogens is 476 g/mol. The Morgan fingerprint density at radius 3 is 2.62 bits per heavy atom. The predicted octanol–water partition coefficient (Wildman–Crippen LogP) is 4.09. The molecule has 12 heteroatoms. The molecule has 1 fully saturated rings. The Morgan fingerprint density at radius 1 is 1.19 bits per heavy atom. The molecular formula is C20H17ClN4O5S2. The van der Waals surface area contributed by atoms with E-state index in [2.05, 4.69) is 5.10 Å². The lowest BCUT2D eigenvalue weighted by molar-refractivity contribution is -0.387. The van der Waals surface area contributed by atoms with E-state index in [0.29, 0.717) is 27.7 Å². The van der Waals surface area contributed by atoms with Gasteiger partial charge in [-0.2, -0.15) is 9.40 Å². The fourth-order valence-electron chi connectivity index (χ4n) is 3.47. The quantitative estimate of drug-likeness (QED) is 0.376. The highest BCUT2D eigenvalue weighted by Gasteiger charge is 2.40. The highest BCUT2D eigenvalue weighted by Crippen LogP contribution is 2.34. The smallest absolute Gasteiger partial charge is 0.271 e. The van der Waals surface area contributed by atoms with E-state index in [1.165, 1.54) is 47.0 Å². The predicted molar refractivity (Wildman–Crippen MR) is 118 cm³/mol. The first-order valence-electron chi connectivity index (χ1n) is 9.55. The maximum absolute atomic E-state index is 13.1. The highest BCUT2D eigenvalue weighted by molar-refractivity contribution is 7.99. The van der Waals surface area contributed by atoms with Crippen LogP contribution in [0.3, 0.4) is 0 Å². The van der Waals surface area contributed by atoms with Gasteiger partial charge < -0.3 is 0 Å². The number of sulfonamides is 1. The maximum Gasteiger partial charge on any atom is 0.283 e. The molecule has 32 heavy (non-hydrogen) atoms. The van der Waals surface area contributed by atoms with E-state index < -0.39 is 26.9 Å². The Morgan fingerprint density at radius 2 is 1.91 bits per heavy atom. The van der Waals surface area contributed by atoms with Gasteiger partial charge in [0.25, 0.3) is 11.6 Å². The number of carbonyl (C=O) groups excluding carboxylic acids is 1. The standard InChI is InChI=1S/C20H17ClN4O5S2/c21-14-7-9-16(10-8-14)32(29,30)24-11-3-5-18(24)20(26)23-13-15(12-22-23)31-19-6-2-1-4-17(19)25(27)28/h1-2,4,6-10,12-13,18H,3,5,11H2. The van der Waals surface area contributed by atoms with E-state index in [4.69, 9.17) is 11.6 Å². The lowest BCUT2D eigenvalue weighted by Crippen LogP contribution is -2.42. The van der Waals surface area contributed by atoms with E-state index in [9.17, 15) is 23.3 Å². The topological polar surface area (TPSA) is 115 Å². The Kier molecular flexibility index (Phi) is 6.33. The minimum absolute atomic E-state index is 0.0485. The summed E-state index contributed by atoms with van der Waals surface area (Å²) in [5.41, 5.74) is -0.0485. The molecule has 0 spiro atoms. The molecule has 0 bridgehead atoms. The summed E-state index contributed by atoms with van der Waals surface area (Å²) >= 11 is 6.96. The number of hydrogen-bond acceptors (Lipinski definition) is 7. The average Bonchev–Trinajstić information content (AvgIpc) is 3.44. The maximum atomic E-state index is 13.1. The number of para-hydroxylation sites is 1. The van der Waals surface area contributed by atoms with Crippen LogP contribution in [0.25, 0.3) is 0 Å². The molecule has 9 nitrogen and oxygen atoms in total. The van der Waals surface area contributed by atoms with Crippen molar-refractivity contribution in [3.8, 4) is 0 Å². The van der Waals surface area contributed by atoms with Crippen LogP contribution in [0, 0.1) is 10.1 Å². The van der Waals surface area contributed by atoms with Gasteiger partial charge in [0.05, 0.1) is 25.8 Å². The first-order valence-corrected chi connectivity index (χ1v) is 12.2. The van der Waals surface area contributed by atoms with Crippen LogP contribution in [0.2, 0.25) is 5.02 Å². The first kappa shape index (κ1) is 22.5. The molecule has 1 saturated heterocycles. The van der Waals surface area contributed by atoms with Crippen molar-refractivity contribution in [1.82, 2.24) is 14.1 Å². The summed E-state index contributed by atoms with van der Waals surface area (Å²) in [4.78, 5) is 24.8. The van der Waals surface area contributed by atoms with Crippen LogP contribution < -0.4 is 0 Å². The van der Waals surface area contributed by atoms with Crippen LogP contribution in [0.4, 0.5) is 5.69 Å². The SMILES string of the molecule is O=C(C1CCCN1S(=O)(=O)c1ccc(Cl)cc1)n1cc(Sc2ccccc2[N+](=O)[O-])cn1. The number of nitro benzene ring substituents is 1. The van der Waals surface area contributed by atoms with Gasteiger partial charge in [0, 0.05) is 23.8 Å². The first-order chi connectivity index (χ1) is 15.3. The van der Waals surface area contributed by atoms with Crippen molar-refractivity contribution in [3.05, 3.63) is 76.1 Å². The number of rotatable bonds is 6. The summed E-state index contributed by atoms with van der Waals surface area (Å²) in [6.07, 6.45) is 3.79. The summed E-state index contributed by atoms with van der Waals surface area (Å²) in [5, 5.41) is 15.7. The largest absolute Gasteiger partial charge is 0.283 e. The molecule has 0 aliphatic carbocycles. The molecule has 0 radical (unpaired) electrons. The third-order valence-electron chi connectivity index (χ3n) is 4.98. The Hall–Kier alpha value is -2.73. The minimum Gasteiger partial charge on any atom is -0.271 e. The van der Waals surface area contributed by atoms with Crippen molar-refractivity contribution in [1.29, 1.82) is 0 Å². The molecule has 1 aliphatic rings. The van der Waals surface area contributed by atoms with Gasteiger partial charge >= 0.3 is 0 Å². The highest BCUT2D eigenvalue weighted by atomic mass is 35.5. The number of nitrogens with zero attached hydrogens (tertiary/aromatic N) is 4. The third-order valence-corrected chi connectivity index (χ3v) is 8.17. The molecule has 4 rings (SSSR count). The summed E-state index contributed by atoms with van der Waals surface area (Å²) in [6, 6.07) is 11.2. The van der Waals surface area contributed by atoms with Gasteiger partial charge in [0.15, 0.2) is 0 Å². The summed E-state index contributed by atoms with van der Waals surface area (Å²) < 4.78 is 28.4. The number of hydrogen-bond donors (Lipinski definition) is 0. The zero-order valence-corrected chi connectivity index (χ0v) is 18.9. The van der Waals surface area contributed by atoms with E-state index in [1.54, 1.807) is 18.2 Å². The van der Waals surface area contributed by atoms with Gasteiger partial charge in [-0.25, -0.2) is 13.1 Å². The minimum atomic E-state index is -3.88. The monoisotopic (exact) mass is 492 g/mol. The molecule has 1 unspecified atom stereocenters. The van der Waals surface area contributed by atoms with Crippen LogP contribution in [0.5, 0.6) is 0 Å². The number of aromatic nitrogens is 2. The van der Waals surface area contributed by atoms with Crippen molar-refractivity contribution >= 4 is 45.0 Å². The number of nitro groups is 1. The second kappa shape index (κ2) is 9.02. The lowest BCUT2D eigenvalue weighted by atomic mass is 10.2. The van der Waals surface area contributed by atoms with E-state index in [1.807, 2.05) is 0 Å². The van der Waals surface area contributed by atoms with E-state index in [-0.39, 0.29) is 17.1 Å². The van der Waals surface area contributed by atoms with Crippen LogP contribution in [-0.2, 0) is 10.0 Å². The van der Waals surface area contributed by atoms with Crippen LogP contribution >= 0.6 is 23.4 Å². The fourth-order valence-corrected chi connectivity index (χ4v) is 6.15. The Bertz CT molecular complexity index is 1280. The number of benzene rings is 2. The summed E-state index contributed by atoms with van der Waals surface area (Å²) in [5.74, 6) is -0.477. The lowest BCUT2D eigenvalue weighted by Gasteiger charge is -2.22. The van der Waals surface area contributed by atoms with Crippen molar-refractivity contribution in [3.63, 3.8) is 0 Å². The number of carbonyl (C=O) groups is 1. The Balaban J connectivity index is 1.55. The molecule has 3 aromatic rings. The number of halogens is 1. The van der Waals surface area contributed by atoms with Gasteiger partial charge in [-0.1, -0.05) is 35.5 Å². The Labute approximate surface area is 193 Å². The van der Waals surface area contributed by atoms with E-state index in [0.717, 1.165) is 16.4 Å². The van der Waals surface area contributed by atoms with Crippen LogP contribution in [0.15, 0.2) is 75.6 Å². The van der Waals surface area contributed by atoms with Gasteiger partial charge in [0.2, 0.25) is 10.0 Å². The molecule has 1 aromatic heterocycles. The molecule has 166 valence electrons. The molecule has 1 aliphatic heterocycles. The summed E-state index contributed by atoms with van der Waals surface area (Å²) in [7, 11) is -3.88. The molecule has 2 heterocycles. The molecule has 0 N–H and O–H groups in total. The van der Waals surface area contributed by atoms with Crippen LogP contribution in [0.1, 0.15) is 17.6 Å². The normalized spacial score (nSPS) is 16.8. The van der Waals surface area contributed by atoms with Crippen molar-refractivity contribution < 1.29 is 18.1 Å². The second-order valence-corrected chi connectivity index (χ2v) is 10.5. The van der Waals surface area contributed by atoms with Crippen LogP contribution in [-0.4, -0.2) is 45.9 Å². The molecule has 0 saturated carbocycles. The van der Waals surface area contributed by atoms with Gasteiger partial charge in [0.1, 0.15) is 6.04 Å². The molecule has 1 atom stereocenters. The van der Waals surface area contributed by atoms with Gasteiger partial charge in [-0.15, -0.1) is 0 Å². The fraction of sp³-hybridized carbons (Fsp3) is 0.200. The molecule has 2 aromatic carbocycles. The zero-order chi connectivity index (χ0) is 22.9. The van der Waals surface area contributed by atoms with Gasteiger partial charge in [-0.3, -0.25) is 14.9 Å². The zero-order valence-electron chi connectivity index (χ0n) is 16.5. The van der Waals surface area contributed by atoms with Gasteiger partial charge in [-0.05, 0) is 43.2 Å². The summed E-state index contributed by atoms with van der Waals surface area (Å²) in [6.45, 7) is 0.223. The van der Waals surface area contributed by atoms with Crippen molar-refractivity contribution in [2.24, 2.45) is 0 Å². The second-order valence-electron chi connectivity index (χ2n) is 7.01. The molecule has 0 amide bonds. The van der Waals surface area contributed by atoms with Crippen molar-refractivity contribution in [2.75, 3.05) is 6.54 Å². The third kappa shape index (κ3) is 4.42. The van der Waals surface area contributed by atoms with E-state index >= 15 is 0 Å². The average molecular weight is 493 g/mol.